The molecule has 6 heteroatoms. The fraction of sp³-hybridized carbons (Fsp3) is 0.500. The van der Waals surface area contributed by atoms with Crippen LogP contribution in [-0.2, 0) is 20.8 Å². The lowest BCUT2D eigenvalue weighted by molar-refractivity contribution is -0.134. The van der Waals surface area contributed by atoms with Crippen LogP contribution in [0, 0.1) is 0 Å². The molecule has 0 aromatic carbocycles. The van der Waals surface area contributed by atoms with E-state index in [1.165, 1.54) is 19.3 Å². The van der Waals surface area contributed by atoms with Gasteiger partial charge in [-0.15, -0.1) is 0 Å². The minimum Gasteiger partial charge on any atom is -0.760 e. The lowest BCUT2D eigenvalue weighted by Gasteiger charge is -2.03. The number of esters is 1. The van der Waals surface area contributed by atoms with Crippen molar-refractivity contribution >= 4 is 17.2 Å². The molecular formula is C6H10NO4S-. The third-order valence-electron chi connectivity index (χ3n) is 0.986. The molecule has 0 amide bonds. The van der Waals surface area contributed by atoms with Crippen molar-refractivity contribution in [1.82, 2.24) is 4.72 Å². The smallest absolute Gasteiger partial charge is 0.330 e. The highest BCUT2D eigenvalue weighted by Gasteiger charge is 1.88. The molecule has 0 saturated carbocycles. The molecule has 1 atom stereocenters. The summed E-state index contributed by atoms with van der Waals surface area (Å²) in [6, 6.07) is 0. The molecule has 0 aliphatic rings. The van der Waals surface area contributed by atoms with E-state index < -0.39 is 17.2 Å². The fourth-order valence-electron chi connectivity index (χ4n) is 0.473. The second-order valence-electron chi connectivity index (χ2n) is 1.84. The molecule has 0 heterocycles. The standard InChI is InChI=1S/C6H11NO4S/c1-11-6(8)4-2-3-5-7-12(9)10/h2,4,7H,3,5H2,1H3,(H,9,10)/p-1. The van der Waals surface area contributed by atoms with Gasteiger partial charge in [0.05, 0.1) is 7.11 Å². The molecule has 0 aromatic heterocycles. The monoisotopic (exact) mass is 192 g/mol. The Kier molecular flexibility index (Phi) is 6.54. The van der Waals surface area contributed by atoms with Crippen molar-refractivity contribution < 1.29 is 18.3 Å². The molecule has 1 N–H and O–H groups in total. The lowest BCUT2D eigenvalue weighted by Crippen LogP contribution is -2.16. The summed E-state index contributed by atoms with van der Waals surface area (Å²) in [5.41, 5.74) is 0. The third-order valence-corrected chi connectivity index (χ3v) is 1.43. The van der Waals surface area contributed by atoms with Crippen LogP contribution in [0.25, 0.3) is 0 Å². The van der Waals surface area contributed by atoms with Crippen LogP contribution in [0.5, 0.6) is 0 Å². The topological polar surface area (TPSA) is 78.5 Å². The van der Waals surface area contributed by atoms with Gasteiger partial charge in [0, 0.05) is 23.9 Å². The van der Waals surface area contributed by atoms with E-state index in [0.29, 0.717) is 6.42 Å². The van der Waals surface area contributed by atoms with Gasteiger partial charge in [0.25, 0.3) is 0 Å². The highest BCUT2D eigenvalue weighted by Crippen LogP contribution is 1.83. The van der Waals surface area contributed by atoms with E-state index in [9.17, 15) is 13.6 Å². The molecule has 0 bridgehead atoms. The molecule has 1 unspecified atom stereocenters. The van der Waals surface area contributed by atoms with Crippen molar-refractivity contribution in [3.8, 4) is 0 Å². The summed E-state index contributed by atoms with van der Waals surface area (Å²) in [6.07, 6.45) is 3.24. The number of ether oxygens (including phenoxy) is 1. The van der Waals surface area contributed by atoms with Gasteiger partial charge in [0.2, 0.25) is 0 Å². The Hall–Kier alpha value is -0.720. The van der Waals surface area contributed by atoms with E-state index in [0.717, 1.165) is 0 Å². The minimum absolute atomic E-state index is 0.281. The molecule has 12 heavy (non-hydrogen) atoms. The van der Waals surface area contributed by atoms with E-state index >= 15 is 0 Å². The van der Waals surface area contributed by atoms with Crippen molar-refractivity contribution in [2.45, 2.75) is 6.42 Å². The summed E-state index contributed by atoms with van der Waals surface area (Å²) in [5.74, 6) is -0.446. The summed E-state index contributed by atoms with van der Waals surface area (Å²) in [4.78, 5) is 10.5. The molecule has 0 aliphatic carbocycles. The van der Waals surface area contributed by atoms with Crippen LogP contribution in [0.4, 0.5) is 0 Å². The van der Waals surface area contributed by atoms with Gasteiger partial charge in [0.1, 0.15) is 0 Å². The molecule has 0 radical (unpaired) electrons. The van der Waals surface area contributed by atoms with Crippen molar-refractivity contribution in [1.29, 1.82) is 0 Å². The van der Waals surface area contributed by atoms with Gasteiger partial charge >= 0.3 is 5.97 Å². The second kappa shape index (κ2) is 6.96. The van der Waals surface area contributed by atoms with Gasteiger partial charge in [-0.25, -0.2) is 9.52 Å². The first-order valence-electron chi connectivity index (χ1n) is 3.24. The average molecular weight is 192 g/mol. The number of methoxy groups -OCH3 is 1. The Labute approximate surface area is 73.2 Å². The van der Waals surface area contributed by atoms with Crippen LogP contribution in [0.2, 0.25) is 0 Å². The first kappa shape index (κ1) is 11.3. The van der Waals surface area contributed by atoms with Crippen molar-refractivity contribution in [2.24, 2.45) is 0 Å². The number of hydrogen-bond acceptors (Lipinski definition) is 4. The van der Waals surface area contributed by atoms with Crippen LogP contribution in [0.3, 0.4) is 0 Å². The quantitative estimate of drug-likeness (QED) is 0.275. The van der Waals surface area contributed by atoms with E-state index in [1.807, 2.05) is 0 Å². The molecule has 5 nitrogen and oxygen atoms in total. The number of rotatable bonds is 5. The molecule has 70 valence electrons. The zero-order chi connectivity index (χ0) is 9.40. The van der Waals surface area contributed by atoms with Crippen LogP contribution in [-0.4, -0.2) is 28.4 Å². The molecular weight excluding hydrogens is 182 g/mol. The fourth-order valence-corrected chi connectivity index (χ4v) is 0.758. The average Bonchev–Trinajstić information content (AvgIpc) is 2.03. The largest absolute Gasteiger partial charge is 0.760 e. The molecule has 0 saturated heterocycles. The number of nitrogens with one attached hydrogen (secondary N) is 1. The number of carbonyl (C=O) groups excluding carboxylic acids is 1. The first-order valence-corrected chi connectivity index (χ1v) is 4.31. The predicted octanol–water partition coefficient (Wildman–Crippen LogP) is -0.511. The molecule has 0 spiro atoms. The van der Waals surface area contributed by atoms with Gasteiger partial charge < -0.3 is 9.29 Å². The van der Waals surface area contributed by atoms with Gasteiger partial charge in [0.15, 0.2) is 0 Å². The number of hydrogen-bond donors (Lipinski definition) is 1. The van der Waals surface area contributed by atoms with E-state index in [1.54, 1.807) is 0 Å². The van der Waals surface area contributed by atoms with Crippen LogP contribution in [0.1, 0.15) is 6.42 Å². The van der Waals surface area contributed by atoms with Crippen LogP contribution in [0.15, 0.2) is 12.2 Å². The van der Waals surface area contributed by atoms with Crippen molar-refractivity contribution in [2.75, 3.05) is 13.7 Å². The Morgan fingerprint density at radius 3 is 2.92 bits per heavy atom. The Morgan fingerprint density at radius 1 is 1.75 bits per heavy atom. The van der Waals surface area contributed by atoms with Crippen molar-refractivity contribution in [3.05, 3.63) is 12.2 Å². The predicted molar refractivity (Wildman–Crippen MR) is 42.7 cm³/mol. The normalized spacial score (nSPS) is 13.2. The maximum atomic E-state index is 10.5. The number of carbonyl (C=O) groups is 1. The molecule has 0 aromatic rings. The first-order chi connectivity index (χ1) is 5.66. The summed E-state index contributed by atoms with van der Waals surface area (Å²) in [7, 11) is 1.28. The van der Waals surface area contributed by atoms with Crippen LogP contribution < -0.4 is 4.72 Å². The van der Waals surface area contributed by atoms with Gasteiger partial charge in [-0.3, -0.25) is 4.21 Å². The maximum Gasteiger partial charge on any atom is 0.330 e. The van der Waals surface area contributed by atoms with Gasteiger partial charge in [-0.05, 0) is 6.42 Å². The summed E-state index contributed by atoms with van der Waals surface area (Å²) in [5, 5.41) is 0. The molecule has 0 aliphatic heterocycles. The van der Waals surface area contributed by atoms with E-state index in [2.05, 4.69) is 9.46 Å². The SMILES string of the molecule is COC(=O)C=CCCNS(=O)[O-]. The highest BCUT2D eigenvalue weighted by atomic mass is 32.2. The van der Waals surface area contributed by atoms with Gasteiger partial charge in [-0.1, -0.05) is 6.08 Å². The zero-order valence-corrected chi connectivity index (χ0v) is 7.43. The summed E-state index contributed by atoms with van der Waals surface area (Å²) >= 11 is -2.23. The highest BCUT2D eigenvalue weighted by molar-refractivity contribution is 7.77. The summed E-state index contributed by atoms with van der Waals surface area (Å²) in [6.45, 7) is 0.281. The minimum atomic E-state index is -2.23. The lowest BCUT2D eigenvalue weighted by atomic mass is 10.4. The van der Waals surface area contributed by atoms with E-state index in [4.69, 9.17) is 0 Å². The molecule has 0 rings (SSSR count). The zero-order valence-electron chi connectivity index (χ0n) is 6.61. The van der Waals surface area contributed by atoms with E-state index in [-0.39, 0.29) is 6.54 Å². The second-order valence-corrected chi connectivity index (χ2v) is 2.60. The van der Waals surface area contributed by atoms with Gasteiger partial charge in [-0.2, -0.15) is 0 Å². The molecule has 0 fully saturated rings. The third kappa shape index (κ3) is 7.39. The Bertz CT molecular complexity index is 192. The van der Waals surface area contributed by atoms with Crippen LogP contribution >= 0.6 is 0 Å². The Morgan fingerprint density at radius 2 is 2.42 bits per heavy atom. The Balaban J connectivity index is 3.36. The maximum absolute atomic E-state index is 10.5. The summed E-state index contributed by atoms with van der Waals surface area (Å²) < 4.78 is 26.3. The van der Waals surface area contributed by atoms with Crippen molar-refractivity contribution in [3.63, 3.8) is 0 Å².